The Morgan fingerprint density at radius 3 is 1.50 bits per heavy atom. The van der Waals surface area contributed by atoms with Gasteiger partial charge in [0.2, 0.25) is 12.2 Å². The smallest absolute Gasteiger partial charge is 0.258 e. The van der Waals surface area contributed by atoms with E-state index in [4.69, 9.17) is 0 Å². The lowest BCUT2D eigenvalue weighted by Crippen LogP contribution is -2.37. The Balaban J connectivity index is 3.54. The van der Waals surface area contributed by atoms with Crippen LogP contribution in [0.5, 0.6) is 0 Å². The highest BCUT2D eigenvalue weighted by atomic mass is 16.1. The maximum atomic E-state index is 10.5. The zero-order chi connectivity index (χ0) is 19.1. The first-order valence-corrected chi connectivity index (χ1v) is 9.16. The molecule has 0 amide bonds. The van der Waals surface area contributed by atoms with E-state index < -0.39 is 0 Å². The average molecular weight is 366 g/mol. The monoisotopic (exact) mass is 366 g/mol. The molecule has 0 spiro atoms. The number of aliphatic imine (C=N–C) groups is 2. The molecule has 0 radical (unpaired) electrons. The van der Waals surface area contributed by atoms with Crippen LogP contribution in [0.2, 0.25) is 0 Å². The first kappa shape index (κ1) is 23.9. The van der Waals surface area contributed by atoms with E-state index in [-0.39, 0.29) is 0 Å². The first-order chi connectivity index (χ1) is 12.8. The van der Waals surface area contributed by atoms with Crippen molar-refractivity contribution in [3.8, 4) is 0 Å². The van der Waals surface area contributed by atoms with Crippen LogP contribution in [-0.2, 0) is 14.4 Å². The van der Waals surface area contributed by atoms with Gasteiger partial charge in [-0.25, -0.2) is 24.4 Å². The van der Waals surface area contributed by atoms with Crippen molar-refractivity contribution in [2.75, 3.05) is 39.5 Å². The Bertz CT molecular complexity index is 435. The second kappa shape index (κ2) is 20.9. The summed E-state index contributed by atoms with van der Waals surface area (Å²) in [4.78, 5) is 37.3. The molecule has 0 fully saturated rings. The van der Waals surface area contributed by atoms with Gasteiger partial charge in [0.1, 0.15) is 0 Å². The third-order valence-corrected chi connectivity index (χ3v) is 3.65. The molecule has 0 unspecified atom stereocenters. The van der Waals surface area contributed by atoms with E-state index in [0.717, 1.165) is 64.5 Å². The molecule has 0 aromatic rings. The minimum absolute atomic E-state index is 0.487. The van der Waals surface area contributed by atoms with Gasteiger partial charge in [-0.05, 0) is 38.8 Å². The van der Waals surface area contributed by atoms with Crippen molar-refractivity contribution in [2.45, 2.75) is 51.4 Å². The van der Waals surface area contributed by atoms with Crippen LogP contribution in [0.3, 0.4) is 0 Å². The van der Waals surface area contributed by atoms with E-state index in [9.17, 15) is 14.4 Å². The van der Waals surface area contributed by atoms with Crippen molar-refractivity contribution in [2.24, 2.45) is 15.1 Å². The molecule has 26 heavy (non-hydrogen) atoms. The standard InChI is InChI=1S/C17H30N6O3/c24-15-20-11-7-3-1-5-9-18-13-23(22-17-26)14-19-10-6-2-4-8-12-21-16-25/h18-19H,1-14H2. The second-order valence-corrected chi connectivity index (χ2v) is 5.79. The van der Waals surface area contributed by atoms with Crippen molar-refractivity contribution in [3.63, 3.8) is 0 Å². The summed E-state index contributed by atoms with van der Waals surface area (Å²) in [6.45, 7) is 3.76. The Kier molecular flexibility index (Phi) is 19.2. The fourth-order valence-electron chi connectivity index (χ4n) is 2.28. The first-order valence-electron chi connectivity index (χ1n) is 9.16. The molecule has 2 N–H and O–H groups in total. The van der Waals surface area contributed by atoms with Crippen LogP contribution in [-0.4, -0.2) is 62.8 Å². The summed E-state index contributed by atoms with van der Waals surface area (Å²) in [6, 6.07) is 0. The minimum atomic E-state index is 0.487. The van der Waals surface area contributed by atoms with Crippen LogP contribution >= 0.6 is 0 Å². The molecule has 0 saturated carbocycles. The van der Waals surface area contributed by atoms with Crippen LogP contribution in [0.4, 0.5) is 0 Å². The zero-order valence-corrected chi connectivity index (χ0v) is 15.4. The van der Waals surface area contributed by atoms with Gasteiger partial charge in [0.15, 0.2) is 0 Å². The Morgan fingerprint density at radius 2 is 1.08 bits per heavy atom. The van der Waals surface area contributed by atoms with Gasteiger partial charge < -0.3 is 0 Å². The number of nitrogens with zero attached hydrogens (tertiary/aromatic N) is 4. The lowest BCUT2D eigenvalue weighted by molar-refractivity contribution is 0.242. The van der Waals surface area contributed by atoms with Crippen molar-refractivity contribution >= 4 is 18.2 Å². The van der Waals surface area contributed by atoms with Gasteiger partial charge in [-0.1, -0.05) is 30.8 Å². The molecule has 0 aromatic heterocycles. The van der Waals surface area contributed by atoms with Crippen LogP contribution in [0.1, 0.15) is 51.4 Å². The van der Waals surface area contributed by atoms with E-state index in [0.29, 0.717) is 26.4 Å². The maximum absolute atomic E-state index is 10.5. The number of isocyanates is 3. The molecule has 0 saturated heterocycles. The van der Waals surface area contributed by atoms with Gasteiger partial charge in [-0.15, -0.1) is 0 Å². The average Bonchev–Trinajstić information content (AvgIpc) is 2.65. The molecule has 0 aliphatic rings. The van der Waals surface area contributed by atoms with Crippen molar-refractivity contribution in [1.29, 1.82) is 0 Å². The molecule has 0 aliphatic heterocycles. The molecule has 0 aliphatic carbocycles. The minimum Gasteiger partial charge on any atom is -0.299 e. The normalized spacial score (nSPS) is 9.69. The fourth-order valence-corrected chi connectivity index (χ4v) is 2.28. The zero-order valence-electron chi connectivity index (χ0n) is 15.4. The molecule has 0 heterocycles. The molecule has 0 aromatic carbocycles. The van der Waals surface area contributed by atoms with Gasteiger partial charge in [-0.2, -0.15) is 0 Å². The van der Waals surface area contributed by atoms with E-state index in [2.05, 4.69) is 25.7 Å². The second-order valence-electron chi connectivity index (χ2n) is 5.79. The summed E-state index contributed by atoms with van der Waals surface area (Å²) >= 11 is 0. The quantitative estimate of drug-likeness (QED) is 0.117. The highest BCUT2D eigenvalue weighted by molar-refractivity contribution is 5.33. The number of hydrogen-bond acceptors (Lipinski definition) is 9. The summed E-state index contributed by atoms with van der Waals surface area (Å²) in [5.41, 5.74) is 0. The topological polar surface area (TPSA) is 116 Å². The molecular weight excluding hydrogens is 336 g/mol. The van der Waals surface area contributed by atoms with Crippen LogP contribution in [0, 0.1) is 0 Å². The Labute approximate surface area is 155 Å². The summed E-state index contributed by atoms with van der Waals surface area (Å²) in [7, 11) is 0. The van der Waals surface area contributed by atoms with Crippen molar-refractivity contribution in [1.82, 2.24) is 15.6 Å². The van der Waals surface area contributed by atoms with E-state index in [1.54, 1.807) is 11.1 Å². The number of hydrogen-bond donors (Lipinski definition) is 2. The van der Waals surface area contributed by atoms with Gasteiger partial charge in [-0.3, -0.25) is 15.6 Å². The third kappa shape index (κ3) is 18.2. The summed E-state index contributed by atoms with van der Waals surface area (Å²) < 4.78 is 0. The lowest BCUT2D eigenvalue weighted by atomic mass is 10.2. The number of nitrogens with one attached hydrogen (secondary N) is 2. The van der Waals surface area contributed by atoms with Gasteiger partial charge in [0.05, 0.1) is 26.4 Å². The van der Waals surface area contributed by atoms with Crippen LogP contribution < -0.4 is 10.6 Å². The number of rotatable bonds is 19. The largest absolute Gasteiger partial charge is 0.299 e. The summed E-state index contributed by atoms with van der Waals surface area (Å²) in [5.74, 6) is 0. The van der Waals surface area contributed by atoms with Crippen LogP contribution in [0.25, 0.3) is 0 Å². The molecule has 0 bridgehead atoms. The third-order valence-electron chi connectivity index (χ3n) is 3.65. The highest BCUT2D eigenvalue weighted by Crippen LogP contribution is 2.00. The predicted molar refractivity (Wildman–Crippen MR) is 98.6 cm³/mol. The van der Waals surface area contributed by atoms with Gasteiger partial charge in [0, 0.05) is 0 Å². The Morgan fingerprint density at radius 1 is 0.615 bits per heavy atom. The summed E-state index contributed by atoms with van der Waals surface area (Å²) in [5, 5.41) is 11.7. The highest BCUT2D eigenvalue weighted by Gasteiger charge is 2.00. The number of unbranched alkanes of at least 4 members (excludes halogenated alkanes) is 6. The predicted octanol–water partition coefficient (Wildman–Crippen LogP) is 1.43. The van der Waals surface area contributed by atoms with E-state index >= 15 is 0 Å². The van der Waals surface area contributed by atoms with E-state index in [1.165, 1.54) is 12.2 Å². The molecular formula is C17H30N6O3. The SMILES string of the molecule is O=C=NCCCCCCNCN(CNCCCCCCN=C=O)N=C=O. The van der Waals surface area contributed by atoms with Crippen LogP contribution in [0.15, 0.2) is 15.1 Å². The van der Waals surface area contributed by atoms with Gasteiger partial charge >= 0.3 is 0 Å². The lowest BCUT2D eigenvalue weighted by Gasteiger charge is -2.18. The molecule has 0 atom stereocenters. The molecule has 146 valence electrons. The van der Waals surface area contributed by atoms with Crippen molar-refractivity contribution in [3.05, 3.63) is 0 Å². The fraction of sp³-hybridized carbons (Fsp3) is 0.824. The molecule has 9 heteroatoms. The maximum Gasteiger partial charge on any atom is 0.258 e. The summed E-state index contributed by atoms with van der Waals surface area (Å²) in [6.07, 6.45) is 12.7. The number of carbonyl (C=O) groups excluding carboxylic acids is 3. The Hall–Kier alpha value is -2.14. The van der Waals surface area contributed by atoms with Gasteiger partial charge in [0.25, 0.3) is 6.08 Å². The number of hydrazone groups is 1. The molecule has 9 nitrogen and oxygen atoms in total. The van der Waals surface area contributed by atoms with Crippen molar-refractivity contribution < 1.29 is 14.4 Å². The van der Waals surface area contributed by atoms with E-state index in [1.807, 2.05) is 0 Å². The molecule has 0 rings (SSSR count).